The number of unbranched alkanes of at least 4 members (excludes halogenated alkanes) is 41. The Morgan fingerprint density at radius 2 is 0.821 bits per heavy atom. The maximum Gasteiger partial charge on any atom is 0.220 e. The van der Waals surface area contributed by atoms with Crippen LogP contribution in [-0.4, -0.2) is 87.5 Å². The average Bonchev–Trinajstić information content (AvgIpc) is 3.33. The minimum absolute atomic E-state index is 0.171. The lowest BCUT2D eigenvalue weighted by Gasteiger charge is -2.40. The first kappa shape index (κ1) is 63.9. The fourth-order valence-electron chi connectivity index (χ4n) is 9.69. The second-order valence-corrected chi connectivity index (χ2v) is 20.8. The number of aliphatic hydroxyl groups excluding tert-OH is 5. The monoisotopic (exact) mass is 952 g/mol. The Morgan fingerprint density at radius 1 is 0.493 bits per heavy atom. The Balaban J connectivity index is 2.08. The van der Waals surface area contributed by atoms with E-state index in [0.29, 0.717) is 6.42 Å². The quantitative estimate of drug-likeness (QED) is 0.0261. The van der Waals surface area contributed by atoms with Gasteiger partial charge in [-0.15, -0.1) is 0 Å². The lowest BCUT2D eigenvalue weighted by Crippen LogP contribution is -2.60. The van der Waals surface area contributed by atoms with Crippen LogP contribution in [-0.2, 0) is 14.3 Å². The number of ether oxygens (including phenoxy) is 2. The smallest absolute Gasteiger partial charge is 0.220 e. The summed E-state index contributed by atoms with van der Waals surface area (Å²) in [6, 6.07) is -0.799. The van der Waals surface area contributed by atoms with E-state index >= 15 is 0 Å². The zero-order valence-corrected chi connectivity index (χ0v) is 44.2. The standard InChI is InChI=1S/C58H113NO8/c1-3-5-7-9-11-13-15-17-18-19-20-21-22-23-24-25-26-27-28-29-30-31-32-33-34-35-36-38-40-42-44-46-48-54(62)59-51(50-66-58-57(65)56(64)55(63)53(49-60)67-58)52(61)47-45-43-41-39-37-16-14-12-10-8-6-4-2/h45,47,51-53,55-58,60-61,63-65H,3-44,46,48-50H2,1-2H3,(H,59,62)/b47-45+/t51-,52+,53+,55+,56?,57?,58+/m0/s1. The maximum atomic E-state index is 13.0. The summed E-state index contributed by atoms with van der Waals surface area (Å²) >= 11 is 0. The Morgan fingerprint density at radius 3 is 1.16 bits per heavy atom. The number of hydrogen-bond donors (Lipinski definition) is 6. The molecule has 2 unspecified atom stereocenters. The molecule has 0 spiro atoms. The van der Waals surface area contributed by atoms with E-state index in [0.717, 1.165) is 38.5 Å². The third-order valence-corrected chi connectivity index (χ3v) is 14.4. The lowest BCUT2D eigenvalue weighted by molar-refractivity contribution is -0.302. The van der Waals surface area contributed by atoms with Gasteiger partial charge in [-0.1, -0.05) is 283 Å². The molecule has 0 aromatic carbocycles. The van der Waals surface area contributed by atoms with E-state index in [9.17, 15) is 30.3 Å². The van der Waals surface area contributed by atoms with Crippen LogP contribution in [0, 0.1) is 0 Å². The summed E-state index contributed by atoms with van der Waals surface area (Å²) in [5.41, 5.74) is 0. The first-order valence-electron chi connectivity index (χ1n) is 29.4. The molecule has 1 aliphatic heterocycles. The highest BCUT2D eigenvalue weighted by Gasteiger charge is 2.44. The van der Waals surface area contributed by atoms with Crippen molar-refractivity contribution in [1.29, 1.82) is 0 Å². The third kappa shape index (κ3) is 38.3. The minimum atomic E-state index is -1.56. The van der Waals surface area contributed by atoms with E-state index in [1.54, 1.807) is 6.08 Å². The normalized spacial score (nSPS) is 19.7. The minimum Gasteiger partial charge on any atom is -0.394 e. The van der Waals surface area contributed by atoms with Gasteiger partial charge >= 0.3 is 0 Å². The molecule has 0 aromatic rings. The van der Waals surface area contributed by atoms with Gasteiger partial charge in [-0.2, -0.15) is 0 Å². The third-order valence-electron chi connectivity index (χ3n) is 14.4. The molecule has 1 rings (SSSR count). The number of nitrogens with one attached hydrogen (secondary N) is 1. The molecule has 0 bridgehead atoms. The molecular formula is C58H113NO8. The Hall–Kier alpha value is -1.07. The molecule has 0 radical (unpaired) electrons. The van der Waals surface area contributed by atoms with Gasteiger partial charge in [0.15, 0.2) is 6.29 Å². The van der Waals surface area contributed by atoms with Crippen LogP contribution in [0.2, 0.25) is 0 Å². The first-order valence-corrected chi connectivity index (χ1v) is 29.4. The summed E-state index contributed by atoms with van der Waals surface area (Å²) in [5.74, 6) is -0.171. The summed E-state index contributed by atoms with van der Waals surface area (Å²) < 4.78 is 11.2. The van der Waals surface area contributed by atoms with Crippen molar-refractivity contribution in [1.82, 2.24) is 5.32 Å². The molecule has 9 heteroatoms. The van der Waals surface area contributed by atoms with Crippen molar-refractivity contribution in [3.8, 4) is 0 Å². The van der Waals surface area contributed by atoms with Gasteiger partial charge in [-0.25, -0.2) is 0 Å². The largest absolute Gasteiger partial charge is 0.394 e. The number of hydrogen-bond acceptors (Lipinski definition) is 8. The van der Waals surface area contributed by atoms with Gasteiger partial charge in [-0.3, -0.25) is 4.79 Å². The molecule has 398 valence electrons. The van der Waals surface area contributed by atoms with Crippen LogP contribution >= 0.6 is 0 Å². The molecule has 1 heterocycles. The molecule has 9 nitrogen and oxygen atoms in total. The van der Waals surface area contributed by atoms with Crippen molar-refractivity contribution in [2.45, 2.75) is 339 Å². The Kier molecular flexibility index (Phi) is 46.3. The molecule has 1 fully saturated rings. The molecule has 6 N–H and O–H groups in total. The highest BCUT2D eigenvalue weighted by molar-refractivity contribution is 5.76. The average molecular weight is 953 g/mol. The van der Waals surface area contributed by atoms with Crippen LogP contribution in [0.3, 0.4) is 0 Å². The van der Waals surface area contributed by atoms with Crippen LogP contribution in [0.4, 0.5) is 0 Å². The predicted molar refractivity (Wildman–Crippen MR) is 281 cm³/mol. The van der Waals surface area contributed by atoms with Crippen LogP contribution in [0.5, 0.6) is 0 Å². The van der Waals surface area contributed by atoms with Gasteiger partial charge in [0.05, 0.1) is 25.4 Å². The van der Waals surface area contributed by atoms with E-state index in [4.69, 9.17) is 9.47 Å². The van der Waals surface area contributed by atoms with Crippen molar-refractivity contribution in [3.63, 3.8) is 0 Å². The van der Waals surface area contributed by atoms with Crippen molar-refractivity contribution in [2.75, 3.05) is 13.2 Å². The number of carbonyl (C=O) groups is 1. The molecular weight excluding hydrogens is 839 g/mol. The van der Waals surface area contributed by atoms with Crippen molar-refractivity contribution in [3.05, 3.63) is 12.2 Å². The van der Waals surface area contributed by atoms with Crippen LogP contribution in [0.25, 0.3) is 0 Å². The predicted octanol–water partition coefficient (Wildman–Crippen LogP) is 14.4. The highest BCUT2D eigenvalue weighted by atomic mass is 16.7. The number of carbonyl (C=O) groups excluding carboxylic acids is 1. The molecule has 0 saturated carbocycles. The van der Waals surface area contributed by atoms with Crippen LogP contribution in [0.1, 0.15) is 296 Å². The van der Waals surface area contributed by atoms with E-state index in [1.807, 2.05) is 6.08 Å². The van der Waals surface area contributed by atoms with Gasteiger partial charge < -0.3 is 40.3 Å². The van der Waals surface area contributed by atoms with Crippen LogP contribution < -0.4 is 5.32 Å². The lowest BCUT2D eigenvalue weighted by atomic mass is 9.99. The van der Waals surface area contributed by atoms with E-state index < -0.39 is 49.5 Å². The number of allylic oxidation sites excluding steroid dienone is 1. The van der Waals surface area contributed by atoms with Gasteiger partial charge in [0.2, 0.25) is 5.91 Å². The fraction of sp³-hybridized carbons (Fsp3) is 0.948. The topological polar surface area (TPSA) is 149 Å². The summed E-state index contributed by atoms with van der Waals surface area (Å²) in [6.45, 7) is 3.80. The second kappa shape index (κ2) is 48.6. The maximum absolute atomic E-state index is 13.0. The molecule has 1 aliphatic rings. The second-order valence-electron chi connectivity index (χ2n) is 20.8. The van der Waals surface area contributed by atoms with E-state index in [2.05, 4.69) is 19.2 Å². The van der Waals surface area contributed by atoms with Gasteiger partial charge in [0.1, 0.15) is 24.4 Å². The van der Waals surface area contributed by atoms with Crippen LogP contribution in [0.15, 0.2) is 12.2 Å². The summed E-state index contributed by atoms with van der Waals surface area (Å²) in [5, 5.41) is 54.3. The van der Waals surface area contributed by atoms with E-state index in [1.165, 1.54) is 238 Å². The molecule has 7 atom stereocenters. The zero-order valence-electron chi connectivity index (χ0n) is 44.2. The number of aliphatic hydroxyl groups is 5. The van der Waals surface area contributed by atoms with Crippen molar-refractivity contribution >= 4 is 5.91 Å². The molecule has 1 amide bonds. The fourth-order valence-corrected chi connectivity index (χ4v) is 9.69. The Labute approximate surface area is 414 Å². The van der Waals surface area contributed by atoms with Gasteiger partial charge in [0, 0.05) is 6.42 Å². The summed E-state index contributed by atoms with van der Waals surface area (Å²) in [4.78, 5) is 13.0. The summed E-state index contributed by atoms with van der Waals surface area (Å²) in [6.07, 6.45) is 53.1. The Bertz CT molecular complexity index is 1060. The molecule has 1 saturated heterocycles. The van der Waals surface area contributed by atoms with Gasteiger partial charge in [-0.05, 0) is 19.3 Å². The van der Waals surface area contributed by atoms with Crippen molar-refractivity contribution in [2.24, 2.45) is 0 Å². The first-order chi connectivity index (χ1) is 32.8. The summed E-state index contributed by atoms with van der Waals surface area (Å²) in [7, 11) is 0. The molecule has 67 heavy (non-hydrogen) atoms. The zero-order chi connectivity index (χ0) is 48.7. The van der Waals surface area contributed by atoms with Gasteiger partial charge in [0.25, 0.3) is 0 Å². The van der Waals surface area contributed by atoms with E-state index in [-0.39, 0.29) is 12.5 Å². The molecule has 0 aromatic heterocycles. The highest BCUT2D eigenvalue weighted by Crippen LogP contribution is 2.23. The SMILES string of the molecule is CCCCCCCCCCCC/C=C/[C@@H](O)[C@H](CO[C@@H]1O[C@H](CO)[C@@H](O)C(O)C1O)NC(=O)CCCCCCCCCCCCCCCCCCCCCCCCCCCCCCCCCC. The number of amides is 1. The number of rotatable bonds is 51. The van der Waals surface area contributed by atoms with Crippen molar-refractivity contribution < 1.29 is 39.8 Å². The molecule has 0 aliphatic carbocycles.